The molecule has 0 spiro atoms. The van der Waals surface area contributed by atoms with E-state index in [0.717, 1.165) is 27.1 Å². The topological polar surface area (TPSA) is 44.8 Å². The van der Waals surface area contributed by atoms with E-state index in [2.05, 4.69) is 33.8 Å². The lowest BCUT2D eigenvalue weighted by atomic mass is 10.0. The van der Waals surface area contributed by atoms with Gasteiger partial charge in [0.15, 0.2) is 0 Å². The number of benzene rings is 4. The monoisotopic (exact) mass is 456 g/mol. The van der Waals surface area contributed by atoms with E-state index in [1.165, 1.54) is 0 Å². The highest BCUT2D eigenvalue weighted by molar-refractivity contribution is 6.05. The predicted molar refractivity (Wildman–Crippen MR) is 138 cm³/mol. The van der Waals surface area contributed by atoms with Gasteiger partial charge >= 0.3 is 5.97 Å². The van der Waals surface area contributed by atoms with Crippen LogP contribution in [-0.4, -0.2) is 19.2 Å². The molecule has 4 rings (SSSR count). The van der Waals surface area contributed by atoms with Crippen molar-refractivity contribution in [2.75, 3.05) is 13.2 Å². The van der Waals surface area contributed by atoms with Crippen molar-refractivity contribution in [3.05, 3.63) is 77.9 Å². The van der Waals surface area contributed by atoms with Crippen LogP contribution in [0.1, 0.15) is 43.6 Å². The third-order valence-electron chi connectivity index (χ3n) is 5.51. The maximum absolute atomic E-state index is 13.6. The van der Waals surface area contributed by atoms with Gasteiger partial charge in [0.25, 0.3) is 0 Å². The summed E-state index contributed by atoms with van der Waals surface area (Å²) >= 11 is 0. The molecule has 4 aromatic rings. The Morgan fingerprint density at radius 1 is 0.735 bits per heavy atom. The standard InChI is InChI=1S/C30H32O4/c1-19(2)17-32-28-16-26(29(33-18-20(3)4)24-14-13-21(5)15-25(24)28)30(31)34-27-12-8-10-22-9-6-7-11-23(22)27/h6-16,19-20H,17-18H2,1-5H3. The first-order chi connectivity index (χ1) is 16.3. The lowest BCUT2D eigenvalue weighted by molar-refractivity contribution is 0.0731. The number of hydrogen-bond donors (Lipinski definition) is 0. The molecule has 0 aliphatic heterocycles. The normalized spacial score (nSPS) is 11.4. The summed E-state index contributed by atoms with van der Waals surface area (Å²) in [5.74, 6) is 1.90. The summed E-state index contributed by atoms with van der Waals surface area (Å²) in [5, 5.41) is 3.67. The number of hydrogen-bond acceptors (Lipinski definition) is 4. The number of esters is 1. The number of carbonyl (C=O) groups excluding carboxylic acids is 1. The molecule has 0 aliphatic carbocycles. The van der Waals surface area contributed by atoms with Crippen molar-refractivity contribution in [3.63, 3.8) is 0 Å². The van der Waals surface area contributed by atoms with Crippen molar-refractivity contribution in [1.29, 1.82) is 0 Å². The summed E-state index contributed by atoms with van der Waals surface area (Å²) in [6.45, 7) is 11.5. The zero-order valence-electron chi connectivity index (χ0n) is 20.6. The van der Waals surface area contributed by atoms with Crippen LogP contribution in [-0.2, 0) is 0 Å². The third-order valence-corrected chi connectivity index (χ3v) is 5.51. The Labute approximate surface area is 201 Å². The van der Waals surface area contributed by atoms with Gasteiger partial charge in [-0.25, -0.2) is 4.79 Å². The molecule has 0 aliphatic rings. The SMILES string of the molecule is Cc1ccc2c(OCC(C)C)c(C(=O)Oc3cccc4ccccc34)cc(OCC(C)C)c2c1. The Morgan fingerprint density at radius 3 is 2.21 bits per heavy atom. The molecule has 4 heteroatoms. The van der Waals surface area contributed by atoms with E-state index in [-0.39, 0.29) is 0 Å². The predicted octanol–water partition coefficient (Wildman–Crippen LogP) is 7.59. The number of rotatable bonds is 8. The van der Waals surface area contributed by atoms with Crippen LogP contribution in [0.15, 0.2) is 66.7 Å². The van der Waals surface area contributed by atoms with Gasteiger partial charge in [0.2, 0.25) is 0 Å². The largest absolute Gasteiger partial charge is 0.493 e. The summed E-state index contributed by atoms with van der Waals surface area (Å²) in [7, 11) is 0. The second-order valence-corrected chi connectivity index (χ2v) is 9.58. The van der Waals surface area contributed by atoms with E-state index < -0.39 is 5.97 Å². The van der Waals surface area contributed by atoms with Gasteiger partial charge in [0, 0.05) is 16.2 Å². The first-order valence-corrected chi connectivity index (χ1v) is 11.9. The number of aryl methyl sites for hydroxylation is 1. The fourth-order valence-corrected chi connectivity index (χ4v) is 3.85. The Hall–Kier alpha value is -3.53. The molecule has 0 N–H and O–H groups in total. The zero-order chi connectivity index (χ0) is 24.2. The van der Waals surface area contributed by atoms with Gasteiger partial charge in [-0.2, -0.15) is 0 Å². The van der Waals surface area contributed by atoms with Crippen molar-refractivity contribution >= 4 is 27.5 Å². The van der Waals surface area contributed by atoms with Crippen molar-refractivity contribution in [3.8, 4) is 17.2 Å². The molecule has 0 bridgehead atoms. The molecule has 4 aromatic carbocycles. The van der Waals surface area contributed by atoms with Crippen LogP contribution in [0.25, 0.3) is 21.5 Å². The van der Waals surface area contributed by atoms with Crippen LogP contribution >= 0.6 is 0 Å². The average molecular weight is 457 g/mol. The molecule has 0 saturated carbocycles. The molecule has 0 fully saturated rings. The Kier molecular flexibility index (Phi) is 7.06. The van der Waals surface area contributed by atoms with E-state index in [4.69, 9.17) is 14.2 Å². The maximum Gasteiger partial charge on any atom is 0.347 e. The molecule has 176 valence electrons. The molecule has 0 aromatic heterocycles. The first-order valence-electron chi connectivity index (χ1n) is 11.9. The highest BCUT2D eigenvalue weighted by atomic mass is 16.5. The zero-order valence-corrected chi connectivity index (χ0v) is 20.6. The van der Waals surface area contributed by atoms with E-state index in [1.54, 1.807) is 6.07 Å². The summed E-state index contributed by atoms with van der Waals surface area (Å²) in [4.78, 5) is 13.6. The van der Waals surface area contributed by atoms with Crippen LogP contribution in [0.4, 0.5) is 0 Å². The minimum atomic E-state index is -0.466. The van der Waals surface area contributed by atoms with Crippen molar-refractivity contribution in [1.82, 2.24) is 0 Å². The second kappa shape index (κ2) is 10.2. The van der Waals surface area contributed by atoms with Gasteiger partial charge in [0.05, 0.1) is 13.2 Å². The quantitative estimate of drug-likeness (QED) is 0.202. The van der Waals surface area contributed by atoms with Gasteiger partial charge in [-0.15, -0.1) is 0 Å². The number of carbonyl (C=O) groups is 1. The van der Waals surface area contributed by atoms with Crippen molar-refractivity contribution in [2.45, 2.75) is 34.6 Å². The summed E-state index contributed by atoms with van der Waals surface area (Å²) in [5.41, 5.74) is 1.48. The van der Waals surface area contributed by atoms with Gasteiger partial charge < -0.3 is 14.2 Å². The molecule has 0 amide bonds. The minimum Gasteiger partial charge on any atom is -0.493 e. The summed E-state index contributed by atoms with van der Waals surface area (Å²) in [6, 6.07) is 21.4. The first kappa shape index (κ1) is 23.6. The van der Waals surface area contributed by atoms with E-state index in [0.29, 0.717) is 47.9 Å². The van der Waals surface area contributed by atoms with Gasteiger partial charge in [-0.3, -0.25) is 0 Å². The van der Waals surface area contributed by atoms with Gasteiger partial charge in [0.1, 0.15) is 22.8 Å². The molecule has 0 saturated heterocycles. The van der Waals surface area contributed by atoms with Gasteiger partial charge in [-0.05, 0) is 42.3 Å². The Bertz CT molecular complexity index is 1320. The molecule has 34 heavy (non-hydrogen) atoms. The molecular formula is C30H32O4. The molecule has 0 unspecified atom stereocenters. The Morgan fingerprint density at radius 2 is 1.44 bits per heavy atom. The number of ether oxygens (including phenoxy) is 3. The average Bonchev–Trinajstić information content (AvgIpc) is 2.81. The second-order valence-electron chi connectivity index (χ2n) is 9.58. The maximum atomic E-state index is 13.6. The van der Waals surface area contributed by atoms with Crippen LogP contribution < -0.4 is 14.2 Å². The molecule has 0 atom stereocenters. The highest BCUT2D eigenvalue weighted by Gasteiger charge is 2.23. The molecule has 0 radical (unpaired) electrons. The van der Waals surface area contributed by atoms with E-state index in [9.17, 15) is 4.79 Å². The van der Waals surface area contributed by atoms with Crippen molar-refractivity contribution < 1.29 is 19.0 Å². The fourth-order valence-electron chi connectivity index (χ4n) is 3.85. The smallest absolute Gasteiger partial charge is 0.347 e. The van der Waals surface area contributed by atoms with Crippen LogP contribution in [0.5, 0.6) is 17.2 Å². The van der Waals surface area contributed by atoms with Crippen molar-refractivity contribution in [2.24, 2.45) is 11.8 Å². The van der Waals surface area contributed by atoms with Crippen LogP contribution in [0, 0.1) is 18.8 Å². The molecule has 4 nitrogen and oxygen atoms in total. The lowest BCUT2D eigenvalue weighted by Gasteiger charge is -2.19. The van der Waals surface area contributed by atoms with Crippen LogP contribution in [0.3, 0.4) is 0 Å². The van der Waals surface area contributed by atoms with Crippen LogP contribution in [0.2, 0.25) is 0 Å². The minimum absolute atomic E-state index is 0.305. The Balaban J connectivity index is 1.83. The summed E-state index contributed by atoms with van der Waals surface area (Å²) in [6.07, 6.45) is 0. The van der Waals surface area contributed by atoms with E-state index >= 15 is 0 Å². The third kappa shape index (κ3) is 5.17. The lowest BCUT2D eigenvalue weighted by Crippen LogP contribution is -2.14. The summed E-state index contributed by atoms with van der Waals surface area (Å²) < 4.78 is 18.3. The number of fused-ring (bicyclic) bond motifs is 2. The molecule has 0 heterocycles. The fraction of sp³-hybridized carbons (Fsp3) is 0.300. The highest BCUT2D eigenvalue weighted by Crippen LogP contribution is 2.39. The van der Waals surface area contributed by atoms with Gasteiger partial charge in [-0.1, -0.05) is 81.8 Å². The van der Waals surface area contributed by atoms with E-state index in [1.807, 2.05) is 61.5 Å². The molecular weight excluding hydrogens is 424 g/mol.